The van der Waals surface area contributed by atoms with E-state index in [0.717, 1.165) is 29.5 Å². The van der Waals surface area contributed by atoms with Crippen molar-refractivity contribution in [1.29, 1.82) is 0 Å². The highest BCUT2D eigenvalue weighted by molar-refractivity contribution is 7.17. The Hall–Kier alpha value is -2.93. The number of fused-ring (bicyclic) bond motifs is 1. The summed E-state index contributed by atoms with van der Waals surface area (Å²) in [6, 6.07) is 8.23. The summed E-state index contributed by atoms with van der Waals surface area (Å²) in [7, 11) is 0. The van der Waals surface area contributed by atoms with E-state index in [1.807, 2.05) is 17.5 Å². The predicted molar refractivity (Wildman–Crippen MR) is 119 cm³/mol. The van der Waals surface area contributed by atoms with E-state index in [0.29, 0.717) is 30.3 Å². The Morgan fingerprint density at radius 1 is 1.41 bits per heavy atom. The first-order chi connectivity index (χ1) is 14.1. The summed E-state index contributed by atoms with van der Waals surface area (Å²) in [6.45, 7) is 7.54. The van der Waals surface area contributed by atoms with Crippen LogP contribution in [0.4, 0.5) is 5.95 Å². The number of aryl methyl sites for hydroxylation is 1. The zero-order valence-corrected chi connectivity index (χ0v) is 17.2. The molecule has 1 aromatic carbocycles. The highest BCUT2D eigenvalue weighted by Crippen LogP contribution is 2.32. The molecule has 0 bridgehead atoms. The number of carbonyl (C=O) groups excluding carboxylic acids is 1. The SMILES string of the molecule is C=CCNC(=O)C1CCN(c2nc3c(-c4cccc(C)c4)csc3c(=O)[nH]2)CC1. The minimum atomic E-state index is -0.111. The normalized spacial score (nSPS) is 14.9. The number of H-pyrrole nitrogens is 1. The van der Waals surface area contributed by atoms with Crippen LogP contribution >= 0.6 is 11.3 Å². The van der Waals surface area contributed by atoms with E-state index in [1.165, 1.54) is 16.9 Å². The zero-order chi connectivity index (χ0) is 20.4. The molecule has 6 nitrogen and oxygen atoms in total. The first-order valence-electron chi connectivity index (χ1n) is 9.79. The summed E-state index contributed by atoms with van der Waals surface area (Å²) in [6.07, 6.45) is 3.15. The number of amides is 1. The fraction of sp³-hybridized carbons (Fsp3) is 0.318. The molecule has 150 valence electrons. The van der Waals surface area contributed by atoms with Gasteiger partial charge in [-0.2, -0.15) is 0 Å². The average Bonchev–Trinajstić information content (AvgIpc) is 3.17. The summed E-state index contributed by atoms with van der Waals surface area (Å²) in [5.41, 5.74) is 3.85. The van der Waals surface area contributed by atoms with Crippen molar-refractivity contribution in [2.45, 2.75) is 19.8 Å². The van der Waals surface area contributed by atoms with Gasteiger partial charge >= 0.3 is 0 Å². The van der Waals surface area contributed by atoms with Gasteiger partial charge in [-0.15, -0.1) is 17.9 Å². The lowest BCUT2D eigenvalue weighted by molar-refractivity contribution is -0.125. The average molecular weight is 409 g/mol. The molecule has 3 aromatic rings. The number of hydrogen-bond donors (Lipinski definition) is 2. The van der Waals surface area contributed by atoms with Crippen LogP contribution in [0.15, 0.2) is 47.1 Å². The molecule has 7 heteroatoms. The Bertz CT molecular complexity index is 1110. The number of thiophene rings is 1. The van der Waals surface area contributed by atoms with E-state index in [9.17, 15) is 9.59 Å². The van der Waals surface area contributed by atoms with Crippen molar-refractivity contribution in [2.75, 3.05) is 24.5 Å². The first-order valence-corrected chi connectivity index (χ1v) is 10.7. The molecule has 1 aliphatic rings. The van der Waals surface area contributed by atoms with Crippen LogP contribution in [0.5, 0.6) is 0 Å². The number of piperidine rings is 1. The van der Waals surface area contributed by atoms with Crippen LogP contribution in [0.1, 0.15) is 18.4 Å². The van der Waals surface area contributed by atoms with Crippen molar-refractivity contribution in [1.82, 2.24) is 15.3 Å². The molecule has 4 rings (SSSR count). The van der Waals surface area contributed by atoms with E-state index < -0.39 is 0 Å². The number of nitrogens with one attached hydrogen (secondary N) is 2. The molecule has 0 saturated carbocycles. The van der Waals surface area contributed by atoms with E-state index >= 15 is 0 Å². The Balaban J connectivity index is 1.59. The Morgan fingerprint density at radius 2 is 2.21 bits per heavy atom. The maximum atomic E-state index is 12.7. The van der Waals surface area contributed by atoms with Gasteiger partial charge < -0.3 is 10.2 Å². The number of nitrogens with zero attached hydrogens (tertiary/aromatic N) is 2. The van der Waals surface area contributed by atoms with Crippen molar-refractivity contribution in [2.24, 2.45) is 5.92 Å². The topological polar surface area (TPSA) is 78.1 Å². The van der Waals surface area contributed by atoms with E-state index in [4.69, 9.17) is 4.98 Å². The molecule has 0 unspecified atom stereocenters. The van der Waals surface area contributed by atoms with Crippen LogP contribution in [0, 0.1) is 12.8 Å². The summed E-state index contributed by atoms with van der Waals surface area (Å²) in [4.78, 5) is 34.6. The summed E-state index contributed by atoms with van der Waals surface area (Å²) >= 11 is 1.42. The van der Waals surface area contributed by atoms with Gasteiger partial charge in [0.2, 0.25) is 11.9 Å². The molecule has 0 spiro atoms. The fourth-order valence-corrected chi connectivity index (χ4v) is 4.66. The van der Waals surface area contributed by atoms with E-state index in [-0.39, 0.29) is 17.4 Å². The highest BCUT2D eigenvalue weighted by Gasteiger charge is 2.26. The van der Waals surface area contributed by atoms with Gasteiger partial charge in [-0.25, -0.2) is 4.98 Å². The molecule has 0 atom stereocenters. The number of aromatic nitrogens is 2. The Morgan fingerprint density at radius 3 is 2.93 bits per heavy atom. The fourth-order valence-electron chi connectivity index (χ4n) is 3.75. The number of anilines is 1. The highest BCUT2D eigenvalue weighted by atomic mass is 32.1. The second-order valence-corrected chi connectivity index (χ2v) is 8.26. The third-order valence-electron chi connectivity index (χ3n) is 5.33. The monoisotopic (exact) mass is 408 g/mol. The standard InChI is InChI=1S/C22H24N4O2S/c1-3-9-23-20(27)15-7-10-26(11-8-15)22-24-18-17(13-29-19(18)21(28)25-22)16-6-4-5-14(2)12-16/h3-6,12-13,15H,1,7-11H2,2H3,(H,23,27)(H,24,25,28). The largest absolute Gasteiger partial charge is 0.352 e. The molecule has 1 fully saturated rings. The van der Waals surface area contributed by atoms with Crippen molar-refractivity contribution < 1.29 is 4.79 Å². The van der Waals surface area contributed by atoms with E-state index in [1.54, 1.807) is 6.08 Å². The number of benzene rings is 1. The molecule has 1 amide bonds. The van der Waals surface area contributed by atoms with Gasteiger partial charge in [-0.1, -0.05) is 35.9 Å². The number of hydrogen-bond acceptors (Lipinski definition) is 5. The predicted octanol–water partition coefficient (Wildman–Crippen LogP) is 3.48. The molecule has 0 radical (unpaired) electrons. The molecular weight excluding hydrogens is 384 g/mol. The number of rotatable bonds is 5. The van der Waals surface area contributed by atoms with Crippen molar-refractivity contribution in [3.63, 3.8) is 0 Å². The summed E-state index contributed by atoms with van der Waals surface area (Å²) < 4.78 is 0.643. The second-order valence-electron chi connectivity index (χ2n) is 7.38. The zero-order valence-electron chi connectivity index (χ0n) is 16.4. The lowest BCUT2D eigenvalue weighted by atomic mass is 9.96. The molecule has 29 heavy (non-hydrogen) atoms. The van der Waals surface area contributed by atoms with Gasteiger partial charge in [0.25, 0.3) is 5.56 Å². The molecule has 0 aliphatic carbocycles. The lowest BCUT2D eigenvalue weighted by Crippen LogP contribution is -2.41. The molecule has 2 N–H and O–H groups in total. The first kappa shape index (κ1) is 19.4. The summed E-state index contributed by atoms with van der Waals surface area (Å²) in [5, 5.41) is 4.87. The van der Waals surface area contributed by atoms with Crippen molar-refractivity contribution in [3.05, 3.63) is 58.2 Å². The Kier molecular flexibility index (Phi) is 5.49. The summed E-state index contributed by atoms with van der Waals surface area (Å²) in [5.74, 6) is 0.645. The van der Waals surface area contributed by atoms with Crippen LogP contribution in [0.25, 0.3) is 21.3 Å². The maximum absolute atomic E-state index is 12.7. The van der Waals surface area contributed by atoms with Crippen LogP contribution in [0.3, 0.4) is 0 Å². The van der Waals surface area contributed by atoms with Crippen LogP contribution in [-0.4, -0.2) is 35.5 Å². The lowest BCUT2D eigenvalue weighted by Gasteiger charge is -2.31. The second kappa shape index (κ2) is 8.21. The third-order valence-corrected chi connectivity index (χ3v) is 6.30. The van der Waals surface area contributed by atoms with Gasteiger partial charge in [0, 0.05) is 36.5 Å². The minimum absolute atomic E-state index is 0.00865. The van der Waals surface area contributed by atoms with Gasteiger partial charge in [0.1, 0.15) is 4.70 Å². The molecule has 1 aliphatic heterocycles. The number of aromatic amines is 1. The van der Waals surface area contributed by atoms with E-state index in [2.05, 4.69) is 40.8 Å². The number of carbonyl (C=O) groups is 1. The molecular formula is C22H24N4O2S. The maximum Gasteiger partial charge on any atom is 0.270 e. The molecule has 2 aromatic heterocycles. The smallest absolute Gasteiger partial charge is 0.270 e. The van der Waals surface area contributed by atoms with Gasteiger partial charge in [0.15, 0.2) is 0 Å². The Labute approximate surface area is 173 Å². The van der Waals surface area contributed by atoms with Crippen LogP contribution in [0.2, 0.25) is 0 Å². The van der Waals surface area contributed by atoms with Gasteiger partial charge in [-0.05, 0) is 25.3 Å². The van der Waals surface area contributed by atoms with Crippen LogP contribution < -0.4 is 15.8 Å². The molecule has 1 saturated heterocycles. The van der Waals surface area contributed by atoms with Gasteiger partial charge in [-0.3, -0.25) is 14.6 Å². The minimum Gasteiger partial charge on any atom is -0.352 e. The quantitative estimate of drug-likeness (QED) is 0.634. The van der Waals surface area contributed by atoms with Crippen molar-refractivity contribution >= 4 is 33.4 Å². The van der Waals surface area contributed by atoms with Gasteiger partial charge in [0.05, 0.1) is 5.52 Å². The molecule has 3 heterocycles. The van der Waals surface area contributed by atoms with Crippen LogP contribution in [-0.2, 0) is 4.79 Å². The third kappa shape index (κ3) is 3.96. The van der Waals surface area contributed by atoms with Crippen molar-refractivity contribution in [3.8, 4) is 11.1 Å².